The van der Waals surface area contributed by atoms with Gasteiger partial charge in [-0.3, -0.25) is 10.1 Å². The topological polar surface area (TPSA) is 94.1 Å². The minimum Gasteiger partial charge on any atom is -0.399 e. The Kier molecular flexibility index (Phi) is 3.53. The van der Waals surface area contributed by atoms with E-state index in [2.05, 4.69) is 15.3 Å². The van der Waals surface area contributed by atoms with E-state index < -0.39 is 4.92 Å². The van der Waals surface area contributed by atoms with Gasteiger partial charge in [-0.1, -0.05) is 17.7 Å². The molecule has 2 aromatic heterocycles. The maximum absolute atomic E-state index is 10.7. The van der Waals surface area contributed by atoms with Crippen LogP contribution in [0.1, 0.15) is 5.56 Å². The summed E-state index contributed by atoms with van der Waals surface area (Å²) in [6, 6.07) is 10.6. The molecule has 22 heavy (non-hydrogen) atoms. The predicted molar refractivity (Wildman–Crippen MR) is 80.9 cm³/mol. The molecule has 1 aromatic carbocycles. The van der Waals surface area contributed by atoms with Gasteiger partial charge < -0.3 is 9.73 Å². The lowest BCUT2D eigenvalue weighted by Crippen LogP contribution is -1.96. The monoisotopic (exact) mass is 296 g/mol. The summed E-state index contributed by atoms with van der Waals surface area (Å²) in [4.78, 5) is 18.3. The molecule has 3 rings (SSSR count). The molecule has 110 valence electrons. The first-order chi connectivity index (χ1) is 10.6. The molecule has 0 spiro atoms. The largest absolute Gasteiger partial charge is 0.433 e. The summed E-state index contributed by atoms with van der Waals surface area (Å²) in [5.74, 6) is -0.0152. The highest BCUT2D eigenvalue weighted by Crippen LogP contribution is 2.31. The SMILES string of the molecule is Cc1ccc(Nc2cncnc2-c2ccc([N+](=O)[O-])o2)cc1. The van der Waals surface area contributed by atoms with E-state index in [4.69, 9.17) is 4.42 Å². The molecule has 1 N–H and O–H groups in total. The van der Waals surface area contributed by atoms with Crippen LogP contribution in [0.3, 0.4) is 0 Å². The number of aromatic nitrogens is 2. The molecule has 3 aromatic rings. The predicted octanol–water partition coefficient (Wildman–Crippen LogP) is 3.70. The van der Waals surface area contributed by atoms with Crippen LogP contribution in [-0.4, -0.2) is 14.9 Å². The summed E-state index contributed by atoms with van der Waals surface area (Å²) < 4.78 is 5.20. The zero-order valence-electron chi connectivity index (χ0n) is 11.7. The molecule has 0 unspecified atom stereocenters. The summed E-state index contributed by atoms with van der Waals surface area (Å²) in [6.45, 7) is 2.00. The number of furan rings is 1. The van der Waals surface area contributed by atoms with Crippen LogP contribution in [0.15, 0.2) is 53.3 Å². The molecular formula is C15H12N4O3. The standard InChI is InChI=1S/C15H12N4O3/c1-10-2-4-11(5-3-10)18-12-8-16-9-17-15(12)13-6-7-14(22-13)19(20)21/h2-9,18H,1H3. The Morgan fingerprint density at radius 3 is 2.64 bits per heavy atom. The smallest absolute Gasteiger partial charge is 0.399 e. The van der Waals surface area contributed by atoms with Crippen molar-refractivity contribution < 1.29 is 9.34 Å². The van der Waals surface area contributed by atoms with Gasteiger partial charge in [-0.2, -0.15) is 0 Å². The van der Waals surface area contributed by atoms with Crippen molar-refractivity contribution in [2.24, 2.45) is 0 Å². The third-order valence-electron chi connectivity index (χ3n) is 3.05. The van der Waals surface area contributed by atoms with Crippen LogP contribution in [0.2, 0.25) is 0 Å². The van der Waals surface area contributed by atoms with Crippen LogP contribution in [0.4, 0.5) is 17.3 Å². The molecule has 0 aliphatic heterocycles. The van der Waals surface area contributed by atoms with Gasteiger partial charge in [-0.15, -0.1) is 0 Å². The lowest BCUT2D eigenvalue weighted by molar-refractivity contribution is -0.401. The van der Waals surface area contributed by atoms with Crippen LogP contribution >= 0.6 is 0 Å². The average molecular weight is 296 g/mol. The molecule has 0 atom stereocenters. The summed E-state index contributed by atoms with van der Waals surface area (Å²) in [6.07, 6.45) is 2.96. The summed E-state index contributed by atoms with van der Waals surface area (Å²) in [7, 11) is 0. The van der Waals surface area contributed by atoms with Crippen LogP contribution in [0.5, 0.6) is 0 Å². The molecule has 0 saturated carbocycles. The third-order valence-corrected chi connectivity index (χ3v) is 3.05. The van der Waals surface area contributed by atoms with Crippen molar-refractivity contribution in [1.29, 1.82) is 0 Å². The second-order valence-electron chi connectivity index (χ2n) is 4.67. The minimum atomic E-state index is -0.586. The Morgan fingerprint density at radius 1 is 1.18 bits per heavy atom. The number of hydrogen-bond donors (Lipinski definition) is 1. The molecule has 0 aliphatic carbocycles. The van der Waals surface area contributed by atoms with Gasteiger partial charge in [0.1, 0.15) is 16.9 Å². The third kappa shape index (κ3) is 2.78. The molecule has 0 aliphatic rings. The van der Waals surface area contributed by atoms with E-state index in [1.807, 2.05) is 31.2 Å². The summed E-state index contributed by atoms with van der Waals surface area (Å²) >= 11 is 0. The Labute approximate surface area is 125 Å². The van der Waals surface area contributed by atoms with Gasteiger partial charge in [0, 0.05) is 5.69 Å². The van der Waals surface area contributed by atoms with Gasteiger partial charge in [0.25, 0.3) is 0 Å². The summed E-state index contributed by atoms with van der Waals surface area (Å²) in [5.41, 5.74) is 3.08. The molecule has 0 fully saturated rings. The fraction of sp³-hybridized carbons (Fsp3) is 0.0667. The van der Waals surface area contributed by atoms with Crippen molar-refractivity contribution in [2.75, 3.05) is 5.32 Å². The van der Waals surface area contributed by atoms with E-state index in [0.29, 0.717) is 17.1 Å². The lowest BCUT2D eigenvalue weighted by atomic mass is 10.2. The van der Waals surface area contributed by atoms with E-state index in [9.17, 15) is 10.1 Å². The quantitative estimate of drug-likeness (QED) is 0.582. The Morgan fingerprint density at radius 2 is 1.95 bits per heavy atom. The van der Waals surface area contributed by atoms with E-state index >= 15 is 0 Å². The molecule has 0 radical (unpaired) electrons. The van der Waals surface area contributed by atoms with E-state index in [1.165, 1.54) is 18.5 Å². The van der Waals surface area contributed by atoms with Gasteiger partial charge in [-0.25, -0.2) is 9.97 Å². The highest BCUT2D eigenvalue weighted by molar-refractivity contribution is 5.74. The normalized spacial score (nSPS) is 10.4. The number of hydrogen-bond acceptors (Lipinski definition) is 6. The van der Waals surface area contributed by atoms with Gasteiger partial charge in [0.15, 0.2) is 5.76 Å². The Bertz CT molecular complexity index is 812. The fourth-order valence-electron chi connectivity index (χ4n) is 1.96. The van der Waals surface area contributed by atoms with Crippen molar-refractivity contribution >= 4 is 17.3 Å². The maximum Gasteiger partial charge on any atom is 0.433 e. The first kappa shape index (κ1) is 13.7. The first-order valence-corrected chi connectivity index (χ1v) is 6.52. The first-order valence-electron chi connectivity index (χ1n) is 6.52. The van der Waals surface area contributed by atoms with E-state index in [1.54, 1.807) is 6.20 Å². The maximum atomic E-state index is 10.7. The molecular weight excluding hydrogens is 284 g/mol. The Balaban J connectivity index is 1.95. The molecule has 0 saturated heterocycles. The Hall–Kier alpha value is -3.22. The number of aryl methyl sites for hydroxylation is 1. The molecule has 7 heteroatoms. The molecule has 0 amide bonds. The van der Waals surface area contributed by atoms with Crippen LogP contribution in [-0.2, 0) is 0 Å². The molecule has 0 bridgehead atoms. The zero-order chi connectivity index (χ0) is 15.5. The fourth-order valence-corrected chi connectivity index (χ4v) is 1.96. The molecule has 2 heterocycles. The van der Waals surface area contributed by atoms with Gasteiger partial charge >= 0.3 is 5.88 Å². The minimum absolute atomic E-state index is 0.309. The zero-order valence-corrected chi connectivity index (χ0v) is 11.7. The van der Waals surface area contributed by atoms with Crippen molar-refractivity contribution in [3.8, 4) is 11.5 Å². The summed E-state index contributed by atoms with van der Waals surface area (Å²) in [5, 5.41) is 13.9. The van der Waals surface area contributed by atoms with E-state index in [-0.39, 0.29) is 5.88 Å². The molecule has 7 nitrogen and oxygen atoms in total. The number of nitrogens with zero attached hydrogens (tertiary/aromatic N) is 3. The number of nitro groups is 1. The van der Waals surface area contributed by atoms with Gasteiger partial charge in [0.2, 0.25) is 0 Å². The van der Waals surface area contributed by atoms with Crippen molar-refractivity contribution in [1.82, 2.24) is 9.97 Å². The van der Waals surface area contributed by atoms with E-state index in [0.717, 1.165) is 11.3 Å². The lowest BCUT2D eigenvalue weighted by Gasteiger charge is -2.09. The van der Waals surface area contributed by atoms with Crippen molar-refractivity contribution in [2.45, 2.75) is 6.92 Å². The van der Waals surface area contributed by atoms with Gasteiger partial charge in [0.05, 0.1) is 18.0 Å². The van der Waals surface area contributed by atoms with Gasteiger partial charge in [-0.05, 0) is 25.1 Å². The van der Waals surface area contributed by atoms with Crippen LogP contribution in [0.25, 0.3) is 11.5 Å². The second kappa shape index (κ2) is 5.65. The number of benzene rings is 1. The van der Waals surface area contributed by atoms with Crippen molar-refractivity contribution in [3.05, 3.63) is 64.6 Å². The van der Waals surface area contributed by atoms with Crippen molar-refractivity contribution in [3.63, 3.8) is 0 Å². The number of nitrogens with one attached hydrogen (secondary N) is 1. The highest BCUT2D eigenvalue weighted by atomic mass is 16.6. The van der Waals surface area contributed by atoms with Crippen LogP contribution in [0, 0.1) is 17.0 Å². The number of rotatable bonds is 4. The van der Waals surface area contributed by atoms with Crippen LogP contribution < -0.4 is 5.32 Å². The second-order valence-corrected chi connectivity index (χ2v) is 4.67. The number of anilines is 2. The highest BCUT2D eigenvalue weighted by Gasteiger charge is 2.16. The average Bonchev–Trinajstić information content (AvgIpc) is 3.00.